The van der Waals surface area contributed by atoms with Gasteiger partial charge in [-0.3, -0.25) is 19.3 Å². The summed E-state index contributed by atoms with van der Waals surface area (Å²) >= 11 is 0. The first-order valence-electron chi connectivity index (χ1n) is 15.4. The molecule has 4 atom stereocenters. The Labute approximate surface area is 269 Å². The van der Waals surface area contributed by atoms with Gasteiger partial charge in [0.15, 0.2) is 11.4 Å². The minimum Gasteiger partial charge on any atom is -0.508 e. The first-order valence-corrected chi connectivity index (χ1v) is 15.4. The van der Waals surface area contributed by atoms with Gasteiger partial charge in [0.05, 0.1) is 17.3 Å². The Kier molecular flexibility index (Phi) is 8.23. The number of carbonyl (C=O) groups is 3. The molecule has 246 valence electrons. The summed E-state index contributed by atoms with van der Waals surface area (Å²) in [5.41, 5.74) is 5.71. The monoisotopic (exact) mass is 632 g/mol. The van der Waals surface area contributed by atoms with Crippen molar-refractivity contribution in [2.45, 2.75) is 58.2 Å². The molecule has 2 aromatic rings. The van der Waals surface area contributed by atoms with Gasteiger partial charge in [0.25, 0.3) is 5.91 Å². The van der Waals surface area contributed by atoms with Crippen LogP contribution in [0.4, 0.5) is 11.4 Å². The molecule has 1 saturated carbocycles. The summed E-state index contributed by atoms with van der Waals surface area (Å²) in [5, 5.41) is 49.7. The lowest BCUT2D eigenvalue weighted by Crippen LogP contribution is -2.65. The van der Waals surface area contributed by atoms with Gasteiger partial charge < -0.3 is 36.4 Å². The number of phenols is 1. The van der Waals surface area contributed by atoms with Crippen molar-refractivity contribution in [2.24, 2.45) is 23.0 Å². The van der Waals surface area contributed by atoms with Gasteiger partial charge in [0.1, 0.15) is 22.8 Å². The third-order valence-corrected chi connectivity index (χ3v) is 9.49. The van der Waals surface area contributed by atoms with Crippen LogP contribution in [0.15, 0.2) is 47.2 Å². The molecule has 0 radical (unpaired) electrons. The highest BCUT2D eigenvalue weighted by molar-refractivity contribution is 6.24. The normalized spacial score (nSPS) is 24.5. The van der Waals surface area contributed by atoms with E-state index in [1.165, 1.54) is 10.5 Å². The van der Waals surface area contributed by atoms with Gasteiger partial charge in [-0.05, 0) is 67.4 Å². The number of likely N-dealkylation sites (N-methyl/N-ethyl adjacent to an activating group) is 1. The Balaban J connectivity index is 1.63. The average Bonchev–Trinajstić information content (AvgIpc) is 2.94. The molecule has 1 fully saturated rings. The molecule has 11 heteroatoms. The number of nitrogens with one attached hydrogen (secondary N) is 1. The number of Topliss-reactive ketones (excluding diaryl/α,β-unsaturated/α-hetero) is 2. The van der Waals surface area contributed by atoms with Crippen LogP contribution in [0.3, 0.4) is 0 Å². The van der Waals surface area contributed by atoms with E-state index in [1.54, 1.807) is 20.2 Å². The lowest BCUT2D eigenvalue weighted by molar-refractivity contribution is -0.153. The van der Waals surface area contributed by atoms with Gasteiger partial charge in [-0.25, -0.2) is 0 Å². The van der Waals surface area contributed by atoms with E-state index >= 15 is 0 Å². The van der Waals surface area contributed by atoms with Crippen LogP contribution in [-0.4, -0.2) is 82.6 Å². The van der Waals surface area contributed by atoms with Crippen LogP contribution in [0, 0.1) is 17.3 Å². The number of nitrogens with two attached hydrogens (primary N) is 1. The molecule has 5 rings (SSSR count). The molecule has 46 heavy (non-hydrogen) atoms. The number of aliphatic hydroxyl groups is 3. The molecule has 4 unspecified atom stereocenters. The highest BCUT2D eigenvalue weighted by Gasteiger charge is 2.64. The second kappa shape index (κ2) is 11.5. The fourth-order valence-electron chi connectivity index (χ4n) is 7.49. The predicted molar refractivity (Wildman–Crippen MR) is 175 cm³/mol. The van der Waals surface area contributed by atoms with E-state index in [-0.39, 0.29) is 35.1 Å². The topological polar surface area (TPSA) is 177 Å². The Hall–Kier alpha value is -4.35. The number of aromatic hydroxyl groups is 1. The number of phenolic OH excluding ortho intramolecular Hbond substituents is 1. The van der Waals surface area contributed by atoms with Crippen LogP contribution < -0.4 is 16.0 Å². The zero-order chi connectivity index (χ0) is 34.0. The quantitative estimate of drug-likeness (QED) is 0.196. The third kappa shape index (κ3) is 5.21. The molecular formula is C35H44N4O7. The number of rotatable bonds is 7. The van der Waals surface area contributed by atoms with Crippen LogP contribution in [0.1, 0.15) is 49.4 Å². The number of benzene rings is 2. The van der Waals surface area contributed by atoms with Crippen molar-refractivity contribution in [2.75, 3.05) is 38.4 Å². The molecule has 0 heterocycles. The number of hydrogen-bond acceptors (Lipinski definition) is 10. The maximum Gasteiger partial charge on any atom is 0.255 e. The second-order valence-electron chi connectivity index (χ2n) is 14.4. The van der Waals surface area contributed by atoms with E-state index in [0.717, 1.165) is 12.0 Å². The third-order valence-electron chi connectivity index (χ3n) is 9.49. The van der Waals surface area contributed by atoms with Crippen molar-refractivity contribution in [1.82, 2.24) is 4.90 Å². The lowest BCUT2D eigenvalue weighted by atomic mass is 9.57. The van der Waals surface area contributed by atoms with E-state index in [4.69, 9.17) is 5.73 Å². The maximum atomic E-state index is 14.2. The molecule has 7 N–H and O–H groups in total. The zero-order valence-corrected chi connectivity index (χ0v) is 27.4. The zero-order valence-electron chi connectivity index (χ0n) is 27.4. The van der Waals surface area contributed by atoms with Gasteiger partial charge in [0, 0.05) is 37.8 Å². The van der Waals surface area contributed by atoms with Crippen LogP contribution in [0.2, 0.25) is 0 Å². The molecule has 0 aliphatic heterocycles. The summed E-state index contributed by atoms with van der Waals surface area (Å²) < 4.78 is 0. The summed E-state index contributed by atoms with van der Waals surface area (Å²) in [6.45, 7) is 6.89. The standard InChI is InChI=1S/C35H44N4O7/c1-34(2,3)15-17-10-8-9-11-18(17)16-37-22-14-23(38(4)5)20-12-19-13-21-27(39(6)7)30(42)26(33(36)45)32(44)35(21,46)31(43)24(19)29(41)25(20)28(22)40/h8-11,14,19,21,27,37,40-41,44,46H,12-13,15-16H2,1-7H3,(H2,36,45). The number of aliphatic hydroxyl groups excluding tert-OH is 2. The first-order chi connectivity index (χ1) is 21.4. The fourth-order valence-corrected chi connectivity index (χ4v) is 7.49. The number of amides is 1. The number of anilines is 2. The van der Waals surface area contributed by atoms with Gasteiger partial charge in [-0.1, -0.05) is 45.0 Å². The summed E-state index contributed by atoms with van der Waals surface area (Å²) in [4.78, 5) is 43.1. The molecule has 0 aromatic heterocycles. The van der Waals surface area contributed by atoms with Crippen molar-refractivity contribution in [3.63, 3.8) is 0 Å². The molecule has 3 aliphatic carbocycles. The maximum absolute atomic E-state index is 14.2. The van der Waals surface area contributed by atoms with E-state index in [0.29, 0.717) is 23.5 Å². The molecule has 11 nitrogen and oxygen atoms in total. The molecule has 0 saturated heterocycles. The minimum atomic E-state index is -2.68. The average molecular weight is 633 g/mol. The second-order valence-corrected chi connectivity index (χ2v) is 14.4. The van der Waals surface area contributed by atoms with Gasteiger partial charge in [-0.2, -0.15) is 0 Å². The van der Waals surface area contributed by atoms with E-state index in [1.807, 2.05) is 37.2 Å². The van der Waals surface area contributed by atoms with Crippen molar-refractivity contribution in [3.8, 4) is 5.75 Å². The summed E-state index contributed by atoms with van der Waals surface area (Å²) in [6.07, 6.45) is 1.09. The minimum absolute atomic E-state index is 0.0317. The van der Waals surface area contributed by atoms with Crippen molar-refractivity contribution >= 4 is 34.6 Å². The summed E-state index contributed by atoms with van der Waals surface area (Å²) in [5.74, 6) is -6.75. The molecule has 1 amide bonds. The Morgan fingerprint density at radius 2 is 1.70 bits per heavy atom. The van der Waals surface area contributed by atoms with E-state index in [9.17, 15) is 34.8 Å². The lowest BCUT2D eigenvalue weighted by Gasteiger charge is -2.50. The van der Waals surface area contributed by atoms with Crippen molar-refractivity contribution < 1.29 is 34.8 Å². The first kappa shape index (κ1) is 33.0. The number of fused-ring (bicyclic) bond motifs is 3. The number of hydrogen-bond donors (Lipinski definition) is 6. The molecule has 0 spiro atoms. The van der Waals surface area contributed by atoms with Crippen LogP contribution >= 0.6 is 0 Å². The Morgan fingerprint density at radius 3 is 2.26 bits per heavy atom. The van der Waals surface area contributed by atoms with Gasteiger partial charge >= 0.3 is 0 Å². The van der Waals surface area contributed by atoms with Crippen LogP contribution in [-0.2, 0) is 33.8 Å². The summed E-state index contributed by atoms with van der Waals surface area (Å²) in [7, 11) is 6.83. The predicted octanol–water partition coefficient (Wildman–Crippen LogP) is 3.23. The SMILES string of the molecule is CN(C)c1cc(NCc2ccccc2CC(C)(C)C)c(O)c2c1CC1CC3C(N(C)C)C(=O)C(C(N)=O)=C(O)C3(O)C(=O)C1=C2O. The van der Waals surface area contributed by atoms with Crippen LogP contribution in [0.25, 0.3) is 5.76 Å². The van der Waals surface area contributed by atoms with Gasteiger partial charge in [-0.15, -0.1) is 0 Å². The molecule has 3 aliphatic rings. The fraction of sp³-hybridized carbons (Fsp3) is 0.457. The van der Waals surface area contributed by atoms with E-state index < -0.39 is 58.0 Å². The number of carbonyl (C=O) groups excluding carboxylic acids is 3. The molecule has 0 bridgehead atoms. The highest BCUT2D eigenvalue weighted by atomic mass is 16.3. The number of nitrogens with zero attached hydrogens (tertiary/aromatic N) is 2. The van der Waals surface area contributed by atoms with Crippen molar-refractivity contribution in [3.05, 3.63) is 69.5 Å². The summed E-state index contributed by atoms with van der Waals surface area (Å²) in [6, 6.07) is 8.72. The Morgan fingerprint density at radius 1 is 1.07 bits per heavy atom. The molecular weight excluding hydrogens is 588 g/mol. The Bertz CT molecular complexity index is 1700. The smallest absolute Gasteiger partial charge is 0.255 e. The van der Waals surface area contributed by atoms with E-state index in [2.05, 4.69) is 32.2 Å². The largest absolute Gasteiger partial charge is 0.508 e. The van der Waals surface area contributed by atoms with Crippen molar-refractivity contribution in [1.29, 1.82) is 0 Å². The molecule has 2 aromatic carbocycles. The van der Waals surface area contributed by atoms with Crippen LogP contribution in [0.5, 0.6) is 5.75 Å². The highest BCUT2D eigenvalue weighted by Crippen LogP contribution is 2.54. The van der Waals surface area contributed by atoms with Gasteiger partial charge in [0.2, 0.25) is 5.78 Å². The number of primary amides is 1. The number of ketones is 2.